The standard InChI is InChI=1S/C15H11F2N3O2/c1-7-5-10(13-8(2)20-22-15(13)18-7)14(21)19-9-3-4-11(16)12(17)6-9/h3-6H,1-2H3,(H,19,21). The molecule has 3 rings (SSSR count). The molecule has 5 nitrogen and oxygen atoms in total. The molecule has 0 aliphatic heterocycles. The van der Waals surface area contributed by atoms with Gasteiger partial charge in [-0.25, -0.2) is 13.8 Å². The normalized spacial score (nSPS) is 10.9. The molecule has 0 fully saturated rings. The summed E-state index contributed by atoms with van der Waals surface area (Å²) in [4.78, 5) is 16.6. The maximum atomic E-state index is 13.2. The van der Waals surface area contributed by atoms with Crippen LogP contribution in [0.5, 0.6) is 0 Å². The van der Waals surface area contributed by atoms with Gasteiger partial charge in [0.05, 0.1) is 16.6 Å². The van der Waals surface area contributed by atoms with Crippen molar-refractivity contribution in [2.75, 3.05) is 5.32 Å². The maximum absolute atomic E-state index is 13.2. The molecule has 0 unspecified atom stereocenters. The second kappa shape index (κ2) is 5.18. The number of rotatable bonds is 2. The minimum Gasteiger partial charge on any atom is -0.336 e. The van der Waals surface area contributed by atoms with Crippen LogP contribution < -0.4 is 5.32 Å². The molecule has 1 amide bonds. The van der Waals surface area contributed by atoms with Crippen LogP contribution in [0.25, 0.3) is 11.1 Å². The lowest BCUT2D eigenvalue weighted by molar-refractivity contribution is 0.102. The summed E-state index contributed by atoms with van der Waals surface area (Å²) in [5, 5.41) is 6.80. The minimum atomic E-state index is -1.03. The molecule has 1 N–H and O–H groups in total. The smallest absolute Gasteiger partial charge is 0.258 e. The van der Waals surface area contributed by atoms with E-state index >= 15 is 0 Å². The van der Waals surface area contributed by atoms with Gasteiger partial charge in [-0.1, -0.05) is 5.16 Å². The average molecular weight is 303 g/mol. The van der Waals surface area contributed by atoms with Gasteiger partial charge in [0.2, 0.25) is 0 Å². The van der Waals surface area contributed by atoms with Crippen molar-refractivity contribution in [1.82, 2.24) is 10.1 Å². The number of halogens is 2. The van der Waals surface area contributed by atoms with Gasteiger partial charge < -0.3 is 9.84 Å². The quantitative estimate of drug-likeness (QED) is 0.788. The summed E-state index contributed by atoms with van der Waals surface area (Å²) >= 11 is 0. The van der Waals surface area contributed by atoms with Gasteiger partial charge in [-0.3, -0.25) is 4.79 Å². The number of benzene rings is 1. The Hall–Kier alpha value is -2.83. The van der Waals surface area contributed by atoms with Crippen LogP contribution in [0.4, 0.5) is 14.5 Å². The number of hydrogen-bond acceptors (Lipinski definition) is 4. The van der Waals surface area contributed by atoms with Crippen molar-refractivity contribution in [2.24, 2.45) is 0 Å². The maximum Gasteiger partial charge on any atom is 0.258 e. The topological polar surface area (TPSA) is 68.0 Å². The Bertz CT molecular complexity index is 890. The van der Waals surface area contributed by atoms with E-state index in [0.29, 0.717) is 22.3 Å². The first-order valence-electron chi connectivity index (χ1n) is 6.45. The highest BCUT2D eigenvalue weighted by Gasteiger charge is 2.18. The fourth-order valence-corrected chi connectivity index (χ4v) is 2.17. The first-order valence-corrected chi connectivity index (χ1v) is 6.45. The number of carbonyl (C=O) groups is 1. The van der Waals surface area contributed by atoms with Crippen molar-refractivity contribution in [3.63, 3.8) is 0 Å². The molecule has 112 valence electrons. The van der Waals surface area contributed by atoms with Crippen LogP contribution in [0.2, 0.25) is 0 Å². The van der Waals surface area contributed by atoms with Gasteiger partial charge in [-0.15, -0.1) is 0 Å². The van der Waals surface area contributed by atoms with Crippen LogP contribution in [-0.2, 0) is 0 Å². The van der Waals surface area contributed by atoms with Crippen molar-refractivity contribution >= 4 is 22.7 Å². The number of pyridine rings is 1. The van der Waals surface area contributed by atoms with Gasteiger partial charge in [-0.05, 0) is 32.0 Å². The van der Waals surface area contributed by atoms with E-state index in [1.54, 1.807) is 19.9 Å². The lowest BCUT2D eigenvalue weighted by Gasteiger charge is -2.07. The molecular formula is C15H11F2N3O2. The number of aryl methyl sites for hydroxylation is 2. The van der Waals surface area contributed by atoms with Crippen LogP contribution in [-0.4, -0.2) is 16.0 Å². The average Bonchev–Trinajstić information content (AvgIpc) is 2.83. The number of aromatic nitrogens is 2. The number of hydrogen-bond donors (Lipinski definition) is 1. The highest BCUT2D eigenvalue weighted by molar-refractivity contribution is 6.12. The van der Waals surface area contributed by atoms with Crippen LogP contribution in [0.3, 0.4) is 0 Å². The molecule has 2 heterocycles. The van der Waals surface area contributed by atoms with Crippen molar-refractivity contribution in [2.45, 2.75) is 13.8 Å². The van der Waals surface area contributed by atoms with Crippen LogP contribution >= 0.6 is 0 Å². The number of anilines is 1. The van der Waals surface area contributed by atoms with Crippen LogP contribution in [0.15, 0.2) is 28.8 Å². The van der Waals surface area contributed by atoms with Gasteiger partial charge in [0, 0.05) is 17.4 Å². The zero-order valence-electron chi connectivity index (χ0n) is 11.8. The molecule has 0 radical (unpaired) electrons. The van der Waals surface area contributed by atoms with Crippen molar-refractivity contribution in [3.8, 4) is 0 Å². The highest BCUT2D eigenvalue weighted by Crippen LogP contribution is 2.23. The number of fused-ring (bicyclic) bond motifs is 1. The molecule has 1 aromatic carbocycles. The first kappa shape index (κ1) is 14.1. The molecular weight excluding hydrogens is 292 g/mol. The van der Waals surface area contributed by atoms with Crippen LogP contribution in [0, 0.1) is 25.5 Å². The summed E-state index contributed by atoms with van der Waals surface area (Å²) in [6.07, 6.45) is 0. The fraction of sp³-hybridized carbons (Fsp3) is 0.133. The summed E-state index contributed by atoms with van der Waals surface area (Å²) in [5.41, 5.74) is 1.83. The lowest BCUT2D eigenvalue weighted by atomic mass is 10.1. The van der Waals surface area contributed by atoms with Crippen molar-refractivity contribution < 1.29 is 18.1 Å². The zero-order chi connectivity index (χ0) is 15.9. The van der Waals surface area contributed by atoms with Gasteiger partial charge in [-0.2, -0.15) is 0 Å². The molecule has 22 heavy (non-hydrogen) atoms. The Balaban J connectivity index is 2.01. The summed E-state index contributed by atoms with van der Waals surface area (Å²) < 4.78 is 31.2. The second-order valence-corrected chi connectivity index (χ2v) is 4.84. The molecule has 7 heteroatoms. The monoisotopic (exact) mass is 303 g/mol. The van der Waals surface area contributed by atoms with Gasteiger partial charge in [0.1, 0.15) is 0 Å². The van der Waals surface area contributed by atoms with Gasteiger partial charge in [0.15, 0.2) is 11.6 Å². The Morgan fingerprint density at radius 2 is 1.95 bits per heavy atom. The molecule has 0 aliphatic carbocycles. The minimum absolute atomic E-state index is 0.153. The molecule has 0 bridgehead atoms. The molecule has 3 aromatic rings. The largest absolute Gasteiger partial charge is 0.336 e. The van der Waals surface area contributed by atoms with E-state index in [1.807, 2.05) is 0 Å². The van der Waals surface area contributed by atoms with E-state index in [1.165, 1.54) is 6.07 Å². The molecule has 2 aromatic heterocycles. The molecule has 0 spiro atoms. The predicted octanol–water partition coefficient (Wildman–Crippen LogP) is 3.37. The van der Waals surface area contributed by atoms with Crippen molar-refractivity contribution in [3.05, 3.63) is 52.9 Å². The third-order valence-corrected chi connectivity index (χ3v) is 3.17. The third kappa shape index (κ3) is 2.41. The summed E-state index contributed by atoms with van der Waals surface area (Å²) in [7, 11) is 0. The number of amides is 1. The van der Waals surface area contributed by atoms with E-state index in [9.17, 15) is 13.6 Å². The SMILES string of the molecule is Cc1cc(C(=O)Nc2ccc(F)c(F)c2)c2c(C)noc2n1. The number of nitrogens with one attached hydrogen (secondary N) is 1. The molecule has 0 saturated carbocycles. The predicted molar refractivity (Wildman–Crippen MR) is 75.6 cm³/mol. The van der Waals surface area contributed by atoms with Crippen molar-refractivity contribution in [1.29, 1.82) is 0 Å². The third-order valence-electron chi connectivity index (χ3n) is 3.17. The Kier molecular flexibility index (Phi) is 3.32. The summed E-state index contributed by atoms with van der Waals surface area (Å²) in [5.74, 6) is -2.49. The summed E-state index contributed by atoms with van der Waals surface area (Å²) in [6.45, 7) is 3.41. The number of carbonyl (C=O) groups excluding carboxylic acids is 1. The Morgan fingerprint density at radius 3 is 2.68 bits per heavy atom. The molecule has 0 atom stereocenters. The Morgan fingerprint density at radius 1 is 1.18 bits per heavy atom. The highest BCUT2D eigenvalue weighted by atomic mass is 19.2. The molecule has 0 saturated heterocycles. The first-order chi connectivity index (χ1) is 10.5. The van der Waals surface area contributed by atoms with E-state index in [0.717, 1.165) is 12.1 Å². The molecule has 0 aliphatic rings. The van der Waals surface area contributed by atoms with E-state index < -0.39 is 17.5 Å². The van der Waals surface area contributed by atoms with Crippen LogP contribution in [0.1, 0.15) is 21.7 Å². The fourth-order valence-electron chi connectivity index (χ4n) is 2.17. The van der Waals surface area contributed by atoms with E-state index in [4.69, 9.17) is 4.52 Å². The van der Waals surface area contributed by atoms with E-state index in [2.05, 4.69) is 15.5 Å². The van der Waals surface area contributed by atoms with Gasteiger partial charge in [0.25, 0.3) is 11.6 Å². The number of nitrogens with zero attached hydrogens (tertiary/aromatic N) is 2. The Labute approximate surface area is 123 Å². The zero-order valence-corrected chi connectivity index (χ0v) is 11.8. The van der Waals surface area contributed by atoms with Gasteiger partial charge >= 0.3 is 0 Å². The second-order valence-electron chi connectivity index (χ2n) is 4.84. The van der Waals surface area contributed by atoms with E-state index in [-0.39, 0.29) is 11.4 Å². The summed E-state index contributed by atoms with van der Waals surface area (Å²) in [6, 6.07) is 4.73. The lowest BCUT2D eigenvalue weighted by Crippen LogP contribution is -2.13.